The fraction of sp³-hybridized carbons (Fsp3) is 0.240. The number of anilines is 2. The van der Waals surface area contributed by atoms with Crippen molar-refractivity contribution in [2.75, 3.05) is 16.2 Å². The van der Waals surface area contributed by atoms with E-state index in [0.29, 0.717) is 17.1 Å². The Kier molecular flexibility index (Phi) is 7.20. The zero-order chi connectivity index (χ0) is 23.3. The molecule has 168 valence electrons. The molecule has 0 saturated carbocycles. The summed E-state index contributed by atoms with van der Waals surface area (Å²) >= 11 is 0. The van der Waals surface area contributed by atoms with E-state index in [-0.39, 0.29) is 17.5 Å². The van der Waals surface area contributed by atoms with Gasteiger partial charge in [-0.15, -0.1) is 0 Å². The van der Waals surface area contributed by atoms with Crippen molar-refractivity contribution < 1.29 is 17.9 Å². The monoisotopic (exact) mass is 452 g/mol. The quantitative estimate of drug-likeness (QED) is 0.526. The van der Waals surface area contributed by atoms with Crippen LogP contribution in [0.2, 0.25) is 0 Å². The van der Waals surface area contributed by atoms with Crippen molar-refractivity contribution in [2.45, 2.75) is 38.7 Å². The SMILES string of the molecule is Cc1ccc(S(=O)(=O)N(CC(=O)Nc2cccc(OC(C)C)c2)c2cccc(C)c2)cc1. The molecular formula is C25H28N2O4S. The van der Waals surface area contributed by atoms with Gasteiger partial charge in [-0.1, -0.05) is 35.9 Å². The molecule has 0 spiro atoms. The molecule has 1 N–H and O–H groups in total. The number of nitrogens with zero attached hydrogens (tertiary/aromatic N) is 1. The third kappa shape index (κ3) is 5.88. The highest BCUT2D eigenvalue weighted by Crippen LogP contribution is 2.25. The first-order valence-electron chi connectivity index (χ1n) is 10.4. The summed E-state index contributed by atoms with van der Waals surface area (Å²) in [6, 6.07) is 20.7. The van der Waals surface area contributed by atoms with Crippen LogP contribution in [-0.4, -0.2) is 27.0 Å². The van der Waals surface area contributed by atoms with Crippen LogP contribution >= 0.6 is 0 Å². The lowest BCUT2D eigenvalue weighted by Gasteiger charge is -2.24. The molecule has 3 aromatic carbocycles. The van der Waals surface area contributed by atoms with Crippen molar-refractivity contribution in [3.8, 4) is 5.75 Å². The van der Waals surface area contributed by atoms with Gasteiger partial charge in [0, 0.05) is 11.8 Å². The van der Waals surface area contributed by atoms with Crippen LogP contribution in [0.3, 0.4) is 0 Å². The van der Waals surface area contributed by atoms with E-state index < -0.39 is 15.9 Å². The highest BCUT2D eigenvalue weighted by Gasteiger charge is 2.27. The molecular weight excluding hydrogens is 424 g/mol. The highest BCUT2D eigenvalue weighted by molar-refractivity contribution is 7.92. The summed E-state index contributed by atoms with van der Waals surface area (Å²) in [5.41, 5.74) is 2.81. The third-order valence-corrected chi connectivity index (χ3v) is 6.46. The zero-order valence-electron chi connectivity index (χ0n) is 18.7. The minimum atomic E-state index is -3.95. The van der Waals surface area contributed by atoms with Gasteiger partial charge in [-0.05, 0) is 69.7 Å². The molecule has 1 amide bonds. The van der Waals surface area contributed by atoms with Crippen LogP contribution in [-0.2, 0) is 14.8 Å². The Morgan fingerprint density at radius 3 is 2.28 bits per heavy atom. The first-order chi connectivity index (χ1) is 15.1. The highest BCUT2D eigenvalue weighted by atomic mass is 32.2. The maximum atomic E-state index is 13.4. The number of rotatable bonds is 8. The maximum absolute atomic E-state index is 13.4. The van der Waals surface area contributed by atoms with Crippen molar-refractivity contribution >= 4 is 27.3 Å². The number of hydrogen-bond donors (Lipinski definition) is 1. The van der Waals surface area contributed by atoms with Crippen LogP contribution in [0.15, 0.2) is 77.7 Å². The molecule has 0 aliphatic heterocycles. The van der Waals surface area contributed by atoms with Gasteiger partial charge in [-0.2, -0.15) is 0 Å². The largest absolute Gasteiger partial charge is 0.491 e. The minimum absolute atomic E-state index is 0.00239. The van der Waals surface area contributed by atoms with Crippen LogP contribution in [0.4, 0.5) is 11.4 Å². The molecule has 0 atom stereocenters. The molecule has 0 unspecified atom stereocenters. The third-order valence-electron chi connectivity index (χ3n) is 4.68. The van der Waals surface area contributed by atoms with E-state index >= 15 is 0 Å². The molecule has 3 aromatic rings. The number of sulfonamides is 1. The Hall–Kier alpha value is -3.32. The number of ether oxygens (including phenoxy) is 1. The maximum Gasteiger partial charge on any atom is 0.264 e. The van der Waals surface area contributed by atoms with Gasteiger partial charge in [0.2, 0.25) is 5.91 Å². The van der Waals surface area contributed by atoms with E-state index in [2.05, 4.69) is 5.32 Å². The second-order valence-corrected chi connectivity index (χ2v) is 9.77. The minimum Gasteiger partial charge on any atom is -0.491 e. The fourth-order valence-corrected chi connectivity index (χ4v) is 4.60. The first kappa shape index (κ1) is 23.3. The van der Waals surface area contributed by atoms with Crippen LogP contribution in [0.5, 0.6) is 5.75 Å². The average molecular weight is 453 g/mol. The molecule has 0 bridgehead atoms. The van der Waals surface area contributed by atoms with E-state index in [1.165, 1.54) is 0 Å². The second-order valence-electron chi connectivity index (χ2n) is 7.91. The average Bonchev–Trinajstić information content (AvgIpc) is 2.72. The van der Waals surface area contributed by atoms with Gasteiger partial charge in [0.1, 0.15) is 12.3 Å². The Labute approximate surface area is 189 Å². The molecule has 0 aromatic heterocycles. The van der Waals surface area contributed by atoms with Crippen molar-refractivity contribution in [1.29, 1.82) is 0 Å². The number of aryl methyl sites for hydroxylation is 2. The van der Waals surface area contributed by atoms with E-state index in [0.717, 1.165) is 15.4 Å². The molecule has 0 heterocycles. The molecule has 7 heteroatoms. The fourth-order valence-electron chi connectivity index (χ4n) is 3.19. The standard InChI is InChI=1S/C25H28N2O4S/c1-18(2)31-23-10-6-8-21(16-23)26-25(28)17-27(22-9-5-7-20(4)15-22)32(29,30)24-13-11-19(3)12-14-24/h5-16,18H,17H2,1-4H3,(H,26,28). The van der Waals surface area contributed by atoms with Crippen molar-refractivity contribution in [1.82, 2.24) is 0 Å². The Morgan fingerprint density at radius 1 is 0.938 bits per heavy atom. The van der Waals surface area contributed by atoms with Gasteiger partial charge < -0.3 is 10.1 Å². The van der Waals surface area contributed by atoms with Crippen molar-refractivity contribution in [3.05, 3.63) is 83.9 Å². The van der Waals surface area contributed by atoms with E-state index in [9.17, 15) is 13.2 Å². The van der Waals surface area contributed by atoms with Gasteiger partial charge in [0.05, 0.1) is 16.7 Å². The summed E-state index contributed by atoms with van der Waals surface area (Å²) in [6.45, 7) is 7.23. The van der Waals surface area contributed by atoms with Crippen LogP contribution in [0.25, 0.3) is 0 Å². The predicted molar refractivity (Wildman–Crippen MR) is 128 cm³/mol. The van der Waals surface area contributed by atoms with E-state index in [1.807, 2.05) is 33.8 Å². The molecule has 32 heavy (non-hydrogen) atoms. The van der Waals surface area contributed by atoms with Gasteiger partial charge in [-0.25, -0.2) is 8.42 Å². The Balaban J connectivity index is 1.89. The topological polar surface area (TPSA) is 75.7 Å². The Morgan fingerprint density at radius 2 is 1.62 bits per heavy atom. The predicted octanol–water partition coefficient (Wildman–Crippen LogP) is 4.92. The molecule has 6 nitrogen and oxygen atoms in total. The summed E-state index contributed by atoms with van der Waals surface area (Å²) in [7, 11) is -3.95. The van der Waals surface area contributed by atoms with Crippen LogP contribution in [0.1, 0.15) is 25.0 Å². The van der Waals surface area contributed by atoms with Gasteiger partial charge >= 0.3 is 0 Å². The second kappa shape index (κ2) is 9.87. The van der Waals surface area contributed by atoms with Crippen molar-refractivity contribution in [2.24, 2.45) is 0 Å². The number of amides is 1. The lowest BCUT2D eigenvalue weighted by molar-refractivity contribution is -0.114. The number of nitrogens with one attached hydrogen (secondary N) is 1. The summed E-state index contributed by atoms with van der Waals surface area (Å²) in [5, 5.41) is 2.78. The van der Waals surface area contributed by atoms with Crippen molar-refractivity contribution in [3.63, 3.8) is 0 Å². The smallest absolute Gasteiger partial charge is 0.264 e. The molecule has 3 rings (SSSR count). The summed E-state index contributed by atoms with van der Waals surface area (Å²) < 4.78 is 33.7. The number of benzene rings is 3. The molecule has 0 radical (unpaired) electrons. The van der Waals surface area contributed by atoms with Gasteiger partial charge in [-0.3, -0.25) is 9.10 Å². The van der Waals surface area contributed by atoms with Gasteiger partial charge in [0.15, 0.2) is 0 Å². The summed E-state index contributed by atoms with van der Waals surface area (Å²) in [6.07, 6.45) is -0.00239. The molecule has 0 aliphatic rings. The van der Waals surface area contributed by atoms with E-state index in [1.54, 1.807) is 66.7 Å². The number of carbonyl (C=O) groups is 1. The normalized spacial score (nSPS) is 11.3. The van der Waals surface area contributed by atoms with Gasteiger partial charge in [0.25, 0.3) is 10.0 Å². The molecule has 0 saturated heterocycles. The molecule has 0 fully saturated rings. The lowest BCUT2D eigenvalue weighted by Crippen LogP contribution is -2.38. The zero-order valence-corrected chi connectivity index (χ0v) is 19.5. The first-order valence-corrected chi connectivity index (χ1v) is 11.8. The number of hydrogen-bond acceptors (Lipinski definition) is 4. The Bertz CT molecular complexity index is 1190. The summed E-state index contributed by atoms with van der Waals surface area (Å²) in [4.78, 5) is 13.0. The summed E-state index contributed by atoms with van der Waals surface area (Å²) in [5.74, 6) is 0.171. The van der Waals surface area contributed by atoms with Crippen LogP contribution < -0.4 is 14.4 Å². The lowest BCUT2D eigenvalue weighted by atomic mass is 10.2. The number of carbonyl (C=O) groups excluding carboxylic acids is 1. The van der Waals surface area contributed by atoms with Crippen LogP contribution in [0, 0.1) is 13.8 Å². The molecule has 0 aliphatic carbocycles. The van der Waals surface area contributed by atoms with E-state index in [4.69, 9.17) is 4.74 Å².